The van der Waals surface area contributed by atoms with E-state index in [0.29, 0.717) is 17.7 Å². The topological polar surface area (TPSA) is 56.1 Å². The van der Waals surface area contributed by atoms with E-state index in [1.54, 1.807) is 12.1 Å². The second kappa shape index (κ2) is 6.07. The Hall–Kier alpha value is -2.44. The van der Waals surface area contributed by atoms with Gasteiger partial charge in [0.05, 0.1) is 10.6 Å². The number of hydrogen-bond donors (Lipinski definition) is 0. The van der Waals surface area contributed by atoms with E-state index in [4.69, 9.17) is 11.6 Å². The smallest absolute Gasteiger partial charge is 0.268 e. The fourth-order valence-corrected chi connectivity index (χ4v) is 5.12. The average molecular weight is 390 g/mol. The van der Waals surface area contributed by atoms with Crippen LogP contribution in [0.4, 0.5) is 4.39 Å². The molecule has 0 bridgehead atoms. The van der Waals surface area contributed by atoms with Gasteiger partial charge in [0.15, 0.2) is 5.78 Å². The maximum atomic E-state index is 14.4. The number of aromatic nitrogens is 1. The van der Waals surface area contributed by atoms with Crippen molar-refractivity contribution in [3.8, 4) is 11.3 Å². The SMILES string of the molecule is O=C1CCc2c1cc(-c1ccccc1F)n2S(=O)(=O)c1cccc(Cl)c1. The van der Waals surface area contributed by atoms with Crippen molar-refractivity contribution in [2.75, 3.05) is 0 Å². The van der Waals surface area contributed by atoms with E-state index in [0.717, 1.165) is 3.97 Å². The number of benzene rings is 2. The van der Waals surface area contributed by atoms with Crippen LogP contribution in [0.15, 0.2) is 59.5 Å². The predicted octanol–water partition coefficient (Wildman–Crippen LogP) is 4.31. The summed E-state index contributed by atoms with van der Waals surface area (Å²) >= 11 is 5.95. The summed E-state index contributed by atoms with van der Waals surface area (Å²) in [5.41, 5.74) is 0.975. The number of halogens is 2. The Morgan fingerprint density at radius 3 is 2.46 bits per heavy atom. The predicted molar refractivity (Wildman–Crippen MR) is 96.5 cm³/mol. The zero-order valence-corrected chi connectivity index (χ0v) is 15.0. The van der Waals surface area contributed by atoms with Crippen molar-refractivity contribution in [1.29, 1.82) is 0 Å². The van der Waals surface area contributed by atoms with Crippen LogP contribution in [0.1, 0.15) is 22.5 Å². The highest BCUT2D eigenvalue weighted by molar-refractivity contribution is 7.90. The van der Waals surface area contributed by atoms with Crippen molar-refractivity contribution in [3.05, 3.63) is 76.7 Å². The van der Waals surface area contributed by atoms with E-state index in [2.05, 4.69) is 0 Å². The number of hydrogen-bond acceptors (Lipinski definition) is 3. The summed E-state index contributed by atoms with van der Waals surface area (Å²) in [6.45, 7) is 0. The van der Waals surface area contributed by atoms with E-state index in [-0.39, 0.29) is 33.4 Å². The number of rotatable bonds is 3. The molecule has 26 heavy (non-hydrogen) atoms. The molecular formula is C19H13ClFNO3S. The van der Waals surface area contributed by atoms with Crippen LogP contribution in [0.3, 0.4) is 0 Å². The first-order valence-corrected chi connectivity index (χ1v) is 9.75. The Labute approximate surface area is 154 Å². The van der Waals surface area contributed by atoms with Gasteiger partial charge in [0.1, 0.15) is 5.82 Å². The fourth-order valence-electron chi connectivity index (χ4n) is 3.24. The zero-order valence-electron chi connectivity index (χ0n) is 13.4. The Kier molecular flexibility index (Phi) is 3.97. The molecule has 4 rings (SSSR count). The molecule has 2 aromatic carbocycles. The van der Waals surface area contributed by atoms with Crippen molar-refractivity contribution < 1.29 is 17.6 Å². The summed E-state index contributed by atoms with van der Waals surface area (Å²) < 4.78 is 42.0. The number of fused-ring (bicyclic) bond motifs is 1. The molecule has 132 valence electrons. The van der Waals surface area contributed by atoms with E-state index in [1.807, 2.05) is 0 Å². The number of carbonyl (C=O) groups excluding carboxylic acids is 1. The minimum atomic E-state index is -4.05. The third kappa shape index (κ3) is 2.57. The van der Waals surface area contributed by atoms with Gasteiger partial charge in [-0.1, -0.05) is 29.8 Å². The summed E-state index contributed by atoms with van der Waals surface area (Å²) in [7, 11) is -4.05. The maximum absolute atomic E-state index is 14.4. The normalized spacial score (nSPS) is 13.8. The second-order valence-corrected chi connectivity index (χ2v) is 8.24. The minimum absolute atomic E-state index is 0.0136. The van der Waals surface area contributed by atoms with Crippen molar-refractivity contribution in [2.24, 2.45) is 0 Å². The monoisotopic (exact) mass is 389 g/mol. The summed E-state index contributed by atoms with van der Waals surface area (Å²) in [5.74, 6) is -0.698. The molecule has 3 aromatic rings. The van der Waals surface area contributed by atoms with Crippen molar-refractivity contribution >= 4 is 27.4 Å². The van der Waals surface area contributed by atoms with Crippen molar-refractivity contribution in [2.45, 2.75) is 17.7 Å². The van der Waals surface area contributed by atoms with Gasteiger partial charge >= 0.3 is 0 Å². The van der Waals surface area contributed by atoms with Gasteiger partial charge in [-0.3, -0.25) is 4.79 Å². The third-order valence-corrected chi connectivity index (χ3v) is 6.41. The summed E-state index contributed by atoms with van der Waals surface area (Å²) in [4.78, 5) is 12.1. The van der Waals surface area contributed by atoms with E-state index in [1.165, 1.54) is 42.5 Å². The molecule has 7 heteroatoms. The zero-order chi connectivity index (χ0) is 18.5. The van der Waals surface area contributed by atoms with Crippen LogP contribution in [0.25, 0.3) is 11.3 Å². The lowest BCUT2D eigenvalue weighted by Gasteiger charge is -2.14. The number of carbonyl (C=O) groups is 1. The highest BCUT2D eigenvalue weighted by atomic mass is 35.5. The molecule has 4 nitrogen and oxygen atoms in total. The van der Waals surface area contributed by atoms with E-state index in [9.17, 15) is 17.6 Å². The van der Waals surface area contributed by atoms with Crippen molar-refractivity contribution in [1.82, 2.24) is 3.97 Å². The summed E-state index contributed by atoms with van der Waals surface area (Å²) in [6, 6.07) is 13.2. The molecular weight excluding hydrogens is 377 g/mol. The molecule has 1 heterocycles. The highest BCUT2D eigenvalue weighted by Crippen LogP contribution is 2.36. The molecule has 0 saturated heterocycles. The lowest BCUT2D eigenvalue weighted by molar-refractivity contribution is 0.0994. The van der Waals surface area contributed by atoms with Gasteiger partial charge in [-0.05, 0) is 42.8 Å². The van der Waals surface area contributed by atoms with E-state index >= 15 is 0 Å². The highest BCUT2D eigenvalue weighted by Gasteiger charge is 2.33. The molecule has 0 aliphatic heterocycles. The lowest BCUT2D eigenvalue weighted by Crippen LogP contribution is -2.17. The molecule has 0 amide bonds. The van der Waals surface area contributed by atoms with Crippen LogP contribution >= 0.6 is 11.6 Å². The molecule has 0 spiro atoms. The first-order valence-electron chi connectivity index (χ1n) is 7.93. The van der Waals surface area contributed by atoms with Gasteiger partial charge in [-0.2, -0.15) is 0 Å². The number of nitrogens with zero attached hydrogens (tertiary/aromatic N) is 1. The lowest BCUT2D eigenvalue weighted by atomic mass is 10.1. The molecule has 0 saturated carbocycles. The van der Waals surface area contributed by atoms with Crippen molar-refractivity contribution in [3.63, 3.8) is 0 Å². The molecule has 1 aliphatic carbocycles. The summed E-state index contributed by atoms with van der Waals surface area (Å²) in [5, 5.41) is 0.276. The second-order valence-electron chi connectivity index (χ2n) is 6.02. The standard InChI is InChI=1S/C19H13ClFNO3S/c20-12-4-3-5-13(10-12)26(24,25)22-17-8-9-19(23)15(17)11-18(22)14-6-1-2-7-16(14)21/h1-7,10-11H,8-9H2. The van der Waals surface area contributed by atoms with Crippen LogP contribution in [0.2, 0.25) is 5.02 Å². The fraction of sp³-hybridized carbons (Fsp3) is 0.105. The van der Waals surface area contributed by atoms with Crippen LogP contribution in [-0.4, -0.2) is 18.2 Å². The van der Waals surface area contributed by atoms with Gasteiger partial charge in [0.25, 0.3) is 10.0 Å². The molecule has 1 aromatic heterocycles. The van der Waals surface area contributed by atoms with Crippen LogP contribution in [-0.2, 0) is 16.4 Å². The molecule has 0 unspecified atom stereocenters. The molecule has 0 radical (unpaired) electrons. The Bertz CT molecular complexity index is 1150. The van der Waals surface area contributed by atoms with Crippen LogP contribution in [0.5, 0.6) is 0 Å². The molecule has 0 fully saturated rings. The van der Waals surface area contributed by atoms with Gasteiger partial charge in [0.2, 0.25) is 0 Å². The maximum Gasteiger partial charge on any atom is 0.268 e. The third-order valence-electron chi connectivity index (χ3n) is 4.43. The first-order chi connectivity index (χ1) is 12.4. The van der Waals surface area contributed by atoms with Gasteiger partial charge in [-0.15, -0.1) is 0 Å². The number of Topliss-reactive ketones (excluding diaryl/α,β-unsaturated/α-hetero) is 1. The van der Waals surface area contributed by atoms with Gasteiger partial charge in [0, 0.05) is 28.3 Å². The first kappa shape index (κ1) is 17.0. The largest absolute Gasteiger partial charge is 0.294 e. The average Bonchev–Trinajstić information content (AvgIpc) is 3.15. The summed E-state index contributed by atoms with van der Waals surface area (Å²) in [6.07, 6.45) is 0.537. The quantitative estimate of drug-likeness (QED) is 0.670. The molecule has 0 N–H and O–H groups in total. The molecule has 0 atom stereocenters. The Morgan fingerprint density at radius 2 is 1.73 bits per heavy atom. The van der Waals surface area contributed by atoms with Crippen LogP contribution in [0, 0.1) is 5.82 Å². The van der Waals surface area contributed by atoms with Crippen LogP contribution < -0.4 is 0 Å². The Morgan fingerprint density at radius 1 is 0.962 bits per heavy atom. The van der Waals surface area contributed by atoms with Gasteiger partial charge < -0.3 is 0 Å². The minimum Gasteiger partial charge on any atom is -0.294 e. The Balaban J connectivity index is 2.04. The van der Waals surface area contributed by atoms with Gasteiger partial charge in [-0.25, -0.2) is 16.8 Å². The molecule has 1 aliphatic rings. The van der Waals surface area contributed by atoms with E-state index < -0.39 is 15.8 Å². The number of ketones is 1.